The molecule has 0 unspecified atom stereocenters. The van der Waals surface area contributed by atoms with Crippen molar-refractivity contribution in [3.05, 3.63) is 0 Å². The first kappa shape index (κ1) is 16.2. The van der Waals surface area contributed by atoms with Crippen LogP contribution < -0.4 is 0 Å². The third kappa shape index (κ3) is 7.18. The van der Waals surface area contributed by atoms with Gasteiger partial charge in [0, 0.05) is 12.8 Å². The molecule has 0 radical (unpaired) electrons. The molecule has 0 aliphatic carbocycles. The number of carbonyl (C=O) groups is 2. The lowest BCUT2D eigenvalue weighted by Gasteiger charge is -2.17. The normalized spacial score (nSPS) is 8.37. The summed E-state index contributed by atoms with van der Waals surface area (Å²) in [6.07, 6.45) is 3.43. The van der Waals surface area contributed by atoms with Gasteiger partial charge >= 0.3 is 0 Å². The van der Waals surface area contributed by atoms with Gasteiger partial charge < -0.3 is 4.74 Å². The highest BCUT2D eigenvalue weighted by Crippen LogP contribution is 2.00. The van der Waals surface area contributed by atoms with Crippen molar-refractivity contribution in [3.63, 3.8) is 0 Å². The van der Waals surface area contributed by atoms with Crippen LogP contribution in [0.1, 0.15) is 12.8 Å². The monoisotopic (exact) mass is 266 g/mol. The van der Waals surface area contributed by atoms with Crippen LogP contribution in [0, 0.1) is 11.5 Å². The molecule has 0 spiro atoms. The summed E-state index contributed by atoms with van der Waals surface area (Å²) < 4.78 is 4.32. The van der Waals surface area contributed by atoms with Crippen molar-refractivity contribution >= 4 is 24.0 Å². The van der Waals surface area contributed by atoms with Crippen molar-refractivity contribution < 1.29 is 23.9 Å². The Morgan fingerprint density at radius 3 is 1.89 bits per heavy atom. The van der Waals surface area contributed by atoms with E-state index in [1.54, 1.807) is 0 Å². The molecule has 0 atom stereocenters. The smallest absolute Gasteiger partial charge is 0.288 e. The van der Waals surface area contributed by atoms with Crippen LogP contribution in [0.15, 0.2) is 9.98 Å². The van der Waals surface area contributed by atoms with E-state index in [1.807, 2.05) is 0 Å². The first-order chi connectivity index (χ1) is 9.17. The molecule has 9 nitrogen and oxygen atoms in total. The average Bonchev–Trinajstić information content (AvgIpc) is 2.40. The first-order valence-corrected chi connectivity index (χ1v) is 5.08. The topological polar surface area (TPSA) is 129 Å². The van der Waals surface area contributed by atoms with Crippen LogP contribution in [0.2, 0.25) is 0 Å². The second-order valence-corrected chi connectivity index (χ2v) is 3.03. The Morgan fingerprint density at radius 1 is 1.05 bits per heavy atom. The number of amides is 2. The molecule has 0 aromatic rings. The van der Waals surface area contributed by atoms with Crippen molar-refractivity contribution in [1.29, 1.82) is 5.26 Å². The number of nitrogens with zero attached hydrogens (tertiary/aromatic N) is 4. The molecule has 0 aliphatic heterocycles. The molecule has 0 heterocycles. The zero-order valence-corrected chi connectivity index (χ0v) is 9.87. The number of ether oxygens (including phenoxy) is 1. The van der Waals surface area contributed by atoms with Crippen molar-refractivity contribution in [2.75, 3.05) is 19.8 Å². The van der Waals surface area contributed by atoms with E-state index < -0.39 is 18.5 Å². The molecule has 0 aromatic heterocycles. The van der Waals surface area contributed by atoms with Gasteiger partial charge in [-0.05, 0) is 0 Å². The molecule has 0 aromatic carbocycles. The number of imide groups is 1. The number of hydrogen-bond donors (Lipinski definition) is 0. The molecular formula is C10H10N4O5. The SMILES string of the molecule is N#COCN(C(=O)CCN=C=O)C(=O)CCN=C=O. The summed E-state index contributed by atoms with van der Waals surface area (Å²) in [7, 11) is 0. The van der Waals surface area contributed by atoms with Gasteiger partial charge in [-0.3, -0.25) is 9.59 Å². The molecule has 19 heavy (non-hydrogen) atoms. The second-order valence-electron chi connectivity index (χ2n) is 3.03. The highest BCUT2D eigenvalue weighted by molar-refractivity contribution is 5.95. The molecule has 0 rings (SSSR count). The van der Waals surface area contributed by atoms with Crippen LogP contribution in [0.5, 0.6) is 0 Å². The predicted molar refractivity (Wildman–Crippen MR) is 58.6 cm³/mol. The third-order valence-electron chi connectivity index (χ3n) is 1.86. The Labute approximate surface area is 108 Å². The quantitative estimate of drug-likeness (QED) is 0.246. The lowest BCUT2D eigenvalue weighted by Crippen LogP contribution is -2.38. The number of carbonyl (C=O) groups excluding carboxylic acids is 4. The van der Waals surface area contributed by atoms with E-state index in [0.29, 0.717) is 4.90 Å². The summed E-state index contributed by atoms with van der Waals surface area (Å²) in [6, 6.07) is 0. The van der Waals surface area contributed by atoms with E-state index in [1.165, 1.54) is 18.4 Å². The van der Waals surface area contributed by atoms with Crippen molar-refractivity contribution in [1.82, 2.24) is 4.90 Å². The van der Waals surface area contributed by atoms with E-state index >= 15 is 0 Å². The summed E-state index contributed by atoms with van der Waals surface area (Å²) >= 11 is 0. The first-order valence-electron chi connectivity index (χ1n) is 5.08. The molecule has 0 saturated carbocycles. The zero-order chi connectivity index (χ0) is 14.5. The van der Waals surface area contributed by atoms with Crippen molar-refractivity contribution in [3.8, 4) is 6.26 Å². The minimum absolute atomic E-state index is 0.120. The highest BCUT2D eigenvalue weighted by atomic mass is 16.5. The second kappa shape index (κ2) is 10.4. The molecule has 100 valence electrons. The molecule has 0 fully saturated rings. The number of aliphatic imine (C=N–C) groups is 2. The molecule has 0 aliphatic rings. The Bertz CT molecular complexity index is 423. The van der Waals surface area contributed by atoms with Gasteiger partial charge in [0.05, 0.1) is 13.1 Å². The Morgan fingerprint density at radius 2 is 1.53 bits per heavy atom. The lowest BCUT2D eigenvalue weighted by atomic mass is 10.3. The van der Waals surface area contributed by atoms with Gasteiger partial charge in [0.15, 0.2) is 6.73 Å². The molecule has 2 amide bonds. The zero-order valence-electron chi connectivity index (χ0n) is 9.87. The fourth-order valence-electron chi connectivity index (χ4n) is 1.04. The number of nitriles is 1. The molecule has 0 bridgehead atoms. The minimum atomic E-state index is -0.658. The average molecular weight is 266 g/mol. The van der Waals surface area contributed by atoms with Gasteiger partial charge in [-0.15, -0.1) is 0 Å². The van der Waals surface area contributed by atoms with E-state index in [-0.39, 0.29) is 25.9 Å². The standard InChI is InChI=1S/C10H10N4O5/c11-5-19-8-14(9(17)1-3-12-6-15)10(18)2-4-13-7-16/h1-4,8H2. The van der Waals surface area contributed by atoms with Crippen molar-refractivity contribution in [2.45, 2.75) is 12.8 Å². The van der Waals surface area contributed by atoms with Gasteiger partial charge in [0.25, 0.3) is 6.26 Å². The minimum Gasteiger partial charge on any atom is -0.405 e. The summed E-state index contributed by atoms with van der Waals surface area (Å²) in [5.74, 6) is -1.32. The van der Waals surface area contributed by atoms with Gasteiger partial charge in [-0.25, -0.2) is 24.5 Å². The number of isocyanates is 2. The maximum absolute atomic E-state index is 11.6. The van der Waals surface area contributed by atoms with Gasteiger partial charge in [0.1, 0.15) is 0 Å². The van der Waals surface area contributed by atoms with E-state index in [2.05, 4.69) is 14.7 Å². The number of hydrogen-bond acceptors (Lipinski definition) is 8. The van der Waals surface area contributed by atoms with E-state index in [0.717, 1.165) is 0 Å². The molecule has 9 heteroatoms. The maximum Gasteiger partial charge on any atom is 0.288 e. The Hall–Kier alpha value is -2.81. The molecule has 0 saturated heterocycles. The van der Waals surface area contributed by atoms with Crippen LogP contribution in [-0.4, -0.2) is 48.7 Å². The van der Waals surface area contributed by atoms with E-state index in [9.17, 15) is 19.2 Å². The van der Waals surface area contributed by atoms with Crippen LogP contribution in [0.4, 0.5) is 0 Å². The van der Waals surface area contributed by atoms with E-state index in [4.69, 9.17) is 5.26 Å². The Balaban J connectivity index is 4.54. The third-order valence-corrected chi connectivity index (χ3v) is 1.86. The maximum atomic E-state index is 11.6. The lowest BCUT2D eigenvalue weighted by molar-refractivity contribution is -0.148. The largest absolute Gasteiger partial charge is 0.405 e. The Kier molecular flexibility index (Phi) is 8.82. The summed E-state index contributed by atoms with van der Waals surface area (Å²) in [6.45, 7) is -0.778. The predicted octanol–water partition coefficient (Wildman–Crippen LogP) is -0.751. The molecule has 0 N–H and O–H groups in total. The van der Waals surface area contributed by atoms with Crippen LogP contribution >= 0.6 is 0 Å². The fraction of sp³-hybridized carbons (Fsp3) is 0.500. The van der Waals surface area contributed by atoms with Crippen molar-refractivity contribution in [2.24, 2.45) is 9.98 Å². The number of rotatable bonds is 8. The fourth-order valence-corrected chi connectivity index (χ4v) is 1.04. The highest BCUT2D eigenvalue weighted by Gasteiger charge is 2.21. The molecular weight excluding hydrogens is 256 g/mol. The summed E-state index contributed by atoms with van der Waals surface area (Å²) in [5, 5.41) is 8.25. The van der Waals surface area contributed by atoms with Crippen LogP contribution in [0.25, 0.3) is 0 Å². The van der Waals surface area contributed by atoms with Gasteiger partial charge in [0.2, 0.25) is 24.0 Å². The van der Waals surface area contributed by atoms with Gasteiger partial charge in [-0.1, -0.05) is 0 Å². The van der Waals surface area contributed by atoms with Crippen LogP contribution in [-0.2, 0) is 23.9 Å². The summed E-state index contributed by atoms with van der Waals surface area (Å²) in [5.41, 5.74) is 0. The van der Waals surface area contributed by atoms with Gasteiger partial charge in [-0.2, -0.15) is 5.26 Å². The van der Waals surface area contributed by atoms with Crippen LogP contribution in [0.3, 0.4) is 0 Å². The summed E-state index contributed by atoms with van der Waals surface area (Å²) in [4.78, 5) is 49.9.